The zero-order valence-electron chi connectivity index (χ0n) is 15.6. The number of hydrogen-bond acceptors (Lipinski definition) is 5. The molecule has 2 heterocycles. The van der Waals surface area contributed by atoms with E-state index in [9.17, 15) is 4.79 Å². The number of ether oxygens (including phenoxy) is 2. The smallest absolute Gasteiger partial charge is 0.314 e. The number of urea groups is 1. The van der Waals surface area contributed by atoms with E-state index < -0.39 is 0 Å². The van der Waals surface area contributed by atoms with Crippen LogP contribution in [0.4, 0.5) is 4.79 Å². The number of methoxy groups -OCH3 is 1. The van der Waals surface area contributed by atoms with E-state index in [2.05, 4.69) is 32.4 Å². The molecule has 0 saturated carbocycles. The fraction of sp³-hybridized carbons (Fsp3) is 0.450. The lowest BCUT2D eigenvalue weighted by Crippen LogP contribution is -2.45. The van der Waals surface area contributed by atoms with Gasteiger partial charge in [-0.05, 0) is 46.5 Å². The van der Waals surface area contributed by atoms with Gasteiger partial charge in [0.2, 0.25) is 0 Å². The summed E-state index contributed by atoms with van der Waals surface area (Å²) >= 11 is 1.69. The Hall–Kier alpha value is -2.09. The van der Waals surface area contributed by atoms with Crippen molar-refractivity contribution >= 4 is 17.4 Å². The fourth-order valence-corrected chi connectivity index (χ4v) is 3.88. The Labute approximate surface area is 164 Å². The maximum absolute atomic E-state index is 12.2. The highest BCUT2D eigenvalue weighted by Gasteiger charge is 2.23. The normalized spacial score (nSPS) is 15.9. The Kier molecular flexibility index (Phi) is 7.50. The molecule has 0 unspecified atom stereocenters. The van der Waals surface area contributed by atoms with E-state index >= 15 is 0 Å². The lowest BCUT2D eigenvalue weighted by molar-refractivity contribution is 0.0168. The fourth-order valence-electron chi connectivity index (χ4n) is 3.18. The second-order valence-corrected chi connectivity index (χ2v) is 7.24. The Morgan fingerprint density at radius 1 is 1.22 bits per heavy atom. The quantitative estimate of drug-likeness (QED) is 0.729. The van der Waals surface area contributed by atoms with Gasteiger partial charge in [-0.1, -0.05) is 12.1 Å². The molecule has 0 spiro atoms. The first-order valence-electron chi connectivity index (χ1n) is 9.25. The molecule has 1 atom stereocenters. The van der Waals surface area contributed by atoms with Crippen LogP contribution in [0.3, 0.4) is 0 Å². The van der Waals surface area contributed by atoms with E-state index in [4.69, 9.17) is 9.47 Å². The lowest BCUT2D eigenvalue weighted by Gasteiger charge is -2.34. The molecule has 0 bridgehead atoms. The Balaban J connectivity index is 1.44. The molecule has 2 aromatic rings. The SMILES string of the molecule is COc1ccc(CCNC(=O)NC[C@@H](c2ccsc2)N2CCOCC2)cc1. The summed E-state index contributed by atoms with van der Waals surface area (Å²) in [5.41, 5.74) is 2.42. The number of carbonyl (C=O) groups excluding carboxylic acids is 1. The average molecular weight is 390 g/mol. The van der Waals surface area contributed by atoms with Crippen molar-refractivity contribution in [1.29, 1.82) is 0 Å². The third-order valence-corrected chi connectivity index (χ3v) is 5.43. The number of nitrogens with one attached hydrogen (secondary N) is 2. The Morgan fingerprint density at radius 3 is 2.67 bits per heavy atom. The van der Waals surface area contributed by atoms with Crippen molar-refractivity contribution in [2.75, 3.05) is 46.5 Å². The summed E-state index contributed by atoms with van der Waals surface area (Å²) in [5, 5.41) is 10.2. The summed E-state index contributed by atoms with van der Waals surface area (Å²) in [6.07, 6.45) is 0.787. The van der Waals surface area contributed by atoms with Gasteiger partial charge in [-0.15, -0.1) is 0 Å². The van der Waals surface area contributed by atoms with Crippen molar-refractivity contribution in [3.8, 4) is 5.75 Å². The van der Waals surface area contributed by atoms with Gasteiger partial charge in [0.25, 0.3) is 0 Å². The maximum Gasteiger partial charge on any atom is 0.314 e. The van der Waals surface area contributed by atoms with Crippen LogP contribution in [0.15, 0.2) is 41.1 Å². The van der Waals surface area contributed by atoms with Crippen molar-refractivity contribution in [1.82, 2.24) is 15.5 Å². The second-order valence-electron chi connectivity index (χ2n) is 6.46. The van der Waals surface area contributed by atoms with E-state index in [0.29, 0.717) is 13.1 Å². The number of morpholine rings is 1. The third kappa shape index (κ3) is 5.95. The number of rotatable bonds is 8. The predicted octanol–water partition coefficient (Wildman–Crippen LogP) is 2.67. The summed E-state index contributed by atoms with van der Waals surface area (Å²) in [6, 6.07) is 10.1. The highest BCUT2D eigenvalue weighted by molar-refractivity contribution is 7.07. The van der Waals surface area contributed by atoms with Crippen molar-refractivity contribution < 1.29 is 14.3 Å². The number of hydrogen-bond donors (Lipinski definition) is 2. The van der Waals surface area contributed by atoms with Gasteiger partial charge in [0, 0.05) is 26.2 Å². The topological polar surface area (TPSA) is 62.8 Å². The van der Waals surface area contributed by atoms with Crippen LogP contribution in [0.1, 0.15) is 17.2 Å². The molecular formula is C20H27N3O3S. The number of nitrogens with zero attached hydrogens (tertiary/aromatic N) is 1. The monoisotopic (exact) mass is 389 g/mol. The molecule has 1 aliphatic rings. The average Bonchev–Trinajstić information content (AvgIpc) is 3.24. The highest BCUT2D eigenvalue weighted by Crippen LogP contribution is 2.23. The lowest BCUT2D eigenvalue weighted by atomic mass is 10.1. The Bertz CT molecular complexity index is 685. The minimum absolute atomic E-state index is 0.128. The summed E-state index contributed by atoms with van der Waals surface area (Å²) in [4.78, 5) is 14.6. The number of carbonyl (C=O) groups is 1. The van der Waals surface area contributed by atoms with E-state index in [1.807, 2.05) is 24.3 Å². The number of amides is 2. The largest absolute Gasteiger partial charge is 0.497 e. The van der Waals surface area contributed by atoms with Crippen LogP contribution in [-0.4, -0.2) is 57.4 Å². The summed E-state index contributed by atoms with van der Waals surface area (Å²) < 4.78 is 10.6. The minimum Gasteiger partial charge on any atom is -0.497 e. The highest BCUT2D eigenvalue weighted by atomic mass is 32.1. The van der Waals surface area contributed by atoms with Crippen LogP contribution in [0.5, 0.6) is 5.75 Å². The minimum atomic E-state index is -0.128. The van der Waals surface area contributed by atoms with Gasteiger partial charge in [-0.25, -0.2) is 4.79 Å². The predicted molar refractivity (Wildman–Crippen MR) is 108 cm³/mol. The van der Waals surface area contributed by atoms with Crippen molar-refractivity contribution in [2.45, 2.75) is 12.5 Å². The first-order valence-corrected chi connectivity index (χ1v) is 10.2. The van der Waals surface area contributed by atoms with Crippen molar-refractivity contribution in [3.05, 3.63) is 52.2 Å². The molecule has 3 rings (SSSR count). The van der Waals surface area contributed by atoms with Crippen molar-refractivity contribution in [2.24, 2.45) is 0 Å². The van der Waals surface area contributed by atoms with Crippen LogP contribution >= 0.6 is 11.3 Å². The first-order chi connectivity index (χ1) is 13.3. The first kappa shape index (κ1) is 19.7. The molecule has 2 amide bonds. The van der Waals surface area contributed by atoms with E-state index in [-0.39, 0.29) is 12.1 Å². The second kappa shape index (κ2) is 10.3. The maximum atomic E-state index is 12.2. The van der Waals surface area contributed by atoms with Gasteiger partial charge in [-0.3, -0.25) is 4.90 Å². The molecule has 1 aromatic heterocycles. The molecule has 27 heavy (non-hydrogen) atoms. The molecule has 2 N–H and O–H groups in total. The van der Waals surface area contributed by atoms with Gasteiger partial charge < -0.3 is 20.1 Å². The van der Waals surface area contributed by atoms with Crippen LogP contribution in [0.25, 0.3) is 0 Å². The van der Waals surface area contributed by atoms with Crippen LogP contribution in [-0.2, 0) is 11.2 Å². The molecule has 0 radical (unpaired) electrons. The molecule has 0 aliphatic carbocycles. The molecular weight excluding hydrogens is 362 g/mol. The molecule has 146 valence electrons. The summed E-state index contributed by atoms with van der Waals surface area (Å²) in [5.74, 6) is 0.840. The van der Waals surface area contributed by atoms with Crippen LogP contribution in [0.2, 0.25) is 0 Å². The zero-order chi connectivity index (χ0) is 18.9. The standard InChI is InChI=1S/C20H27N3O3S/c1-25-18-4-2-16(3-5-18)6-8-21-20(24)22-14-19(17-7-13-27-15-17)23-9-11-26-12-10-23/h2-5,7,13,15,19H,6,8-12,14H2,1H3,(H2,21,22,24)/t19-/m0/s1. The van der Waals surface area contributed by atoms with Gasteiger partial charge in [0.05, 0.1) is 26.4 Å². The Morgan fingerprint density at radius 2 is 2.00 bits per heavy atom. The van der Waals surface area contributed by atoms with Crippen molar-refractivity contribution in [3.63, 3.8) is 0 Å². The number of thiophene rings is 1. The van der Waals surface area contributed by atoms with E-state index in [0.717, 1.165) is 38.5 Å². The molecule has 1 aliphatic heterocycles. The van der Waals surface area contributed by atoms with Crippen LogP contribution in [0, 0.1) is 0 Å². The molecule has 7 heteroatoms. The summed E-state index contributed by atoms with van der Waals surface area (Å²) in [7, 11) is 1.65. The molecule has 6 nitrogen and oxygen atoms in total. The van der Waals surface area contributed by atoms with Gasteiger partial charge >= 0.3 is 6.03 Å². The van der Waals surface area contributed by atoms with Gasteiger partial charge in [0.1, 0.15) is 5.75 Å². The van der Waals surface area contributed by atoms with Crippen LogP contribution < -0.4 is 15.4 Å². The third-order valence-electron chi connectivity index (χ3n) is 4.73. The molecule has 1 aromatic carbocycles. The number of benzene rings is 1. The van der Waals surface area contributed by atoms with E-state index in [1.165, 1.54) is 11.1 Å². The molecule has 1 saturated heterocycles. The van der Waals surface area contributed by atoms with Gasteiger partial charge in [-0.2, -0.15) is 11.3 Å². The summed E-state index contributed by atoms with van der Waals surface area (Å²) in [6.45, 7) is 4.45. The zero-order valence-corrected chi connectivity index (χ0v) is 16.5. The van der Waals surface area contributed by atoms with Gasteiger partial charge in [0.15, 0.2) is 0 Å². The van der Waals surface area contributed by atoms with E-state index in [1.54, 1.807) is 18.4 Å². The molecule has 1 fully saturated rings.